The number of ether oxygens (including phenoxy) is 1. The number of hydrogen-bond donors (Lipinski definition) is 1. The summed E-state index contributed by atoms with van der Waals surface area (Å²) in [5, 5.41) is 13.4. The van der Waals surface area contributed by atoms with Crippen LogP contribution in [0.3, 0.4) is 0 Å². The first-order valence-electron chi connectivity index (χ1n) is 5.93. The summed E-state index contributed by atoms with van der Waals surface area (Å²) in [5.74, 6) is 1.97. The summed E-state index contributed by atoms with van der Waals surface area (Å²) in [5.41, 5.74) is 0.700. The molecule has 96 valence electrons. The van der Waals surface area contributed by atoms with Crippen LogP contribution in [0.5, 0.6) is 11.5 Å². The number of hydrogen-bond acceptors (Lipinski definition) is 5. The quantitative estimate of drug-likeness (QED) is 0.880. The van der Waals surface area contributed by atoms with Crippen molar-refractivity contribution in [1.29, 1.82) is 0 Å². The van der Waals surface area contributed by atoms with Crippen molar-refractivity contribution in [2.45, 2.75) is 33.3 Å². The summed E-state index contributed by atoms with van der Waals surface area (Å²) < 4.78 is 10.6. The van der Waals surface area contributed by atoms with Crippen LogP contribution in [-0.2, 0) is 13.0 Å². The highest BCUT2D eigenvalue weighted by Gasteiger charge is 2.08. The van der Waals surface area contributed by atoms with Gasteiger partial charge in [0, 0.05) is 12.0 Å². The highest BCUT2D eigenvalue weighted by Crippen LogP contribution is 2.26. The van der Waals surface area contributed by atoms with Crippen LogP contribution in [0.4, 0.5) is 0 Å². The first-order chi connectivity index (χ1) is 8.70. The van der Waals surface area contributed by atoms with Crippen molar-refractivity contribution in [3.63, 3.8) is 0 Å². The molecule has 0 bridgehead atoms. The van der Waals surface area contributed by atoms with Crippen LogP contribution >= 0.6 is 0 Å². The molecule has 0 fully saturated rings. The van der Waals surface area contributed by atoms with Gasteiger partial charge in [0.2, 0.25) is 0 Å². The van der Waals surface area contributed by atoms with E-state index in [9.17, 15) is 5.11 Å². The smallest absolute Gasteiger partial charge is 0.264 e. The normalized spacial score (nSPS) is 10.6. The Bertz CT molecular complexity index is 523. The Labute approximate surface area is 105 Å². The van der Waals surface area contributed by atoms with E-state index in [1.807, 2.05) is 0 Å². The molecule has 2 aromatic rings. The molecule has 0 aliphatic carbocycles. The van der Waals surface area contributed by atoms with Gasteiger partial charge in [0.1, 0.15) is 11.5 Å². The van der Waals surface area contributed by atoms with Crippen molar-refractivity contribution in [3.8, 4) is 11.5 Å². The van der Waals surface area contributed by atoms with Gasteiger partial charge in [0.15, 0.2) is 12.4 Å². The van der Waals surface area contributed by atoms with Crippen molar-refractivity contribution in [2.24, 2.45) is 0 Å². The third-order valence-corrected chi connectivity index (χ3v) is 2.59. The largest absolute Gasteiger partial charge is 0.508 e. The Kier molecular flexibility index (Phi) is 3.82. The summed E-state index contributed by atoms with van der Waals surface area (Å²) in [6.45, 7) is 4.06. The molecule has 0 saturated carbocycles. The third-order valence-electron chi connectivity index (χ3n) is 2.59. The van der Waals surface area contributed by atoms with Gasteiger partial charge in [-0.05, 0) is 25.5 Å². The molecule has 0 unspecified atom stereocenters. The molecule has 1 N–H and O–H groups in total. The highest BCUT2D eigenvalue weighted by molar-refractivity contribution is 5.42. The number of aromatic hydroxyl groups is 1. The van der Waals surface area contributed by atoms with Gasteiger partial charge in [-0.15, -0.1) is 0 Å². The number of phenols is 1. The van der Waals surface area contributed by atoms with E-state index in [2.05, 4.69) is 17.1 Å². The van der Waals surface area contributed by atoms with Crippen molar-refractivity contribution < 1.29 is 14.4 Å². The minimum absolute atomic E-state index is 0.209. The van der Waals surface area contributed by atoms with Gasteiger partial charge in [0.25, 0.3) is 5.89 Å². The van der Waals surface area contributed by atoms with Gasteiger partial charge in [0.05, 0.1) is 0 Å². The number of phenolic OH excluding ortho intramolecular Hbond substituents is 1. The van der Waals surface area contributed by atoms with Crippen LogP contribution in [-0.4, -0.2) is 15.2 Å². The Morgan fingerprint density at radius 1 is 1.39 bits per heavy atom. The molecule has 0 spiro atoms. The van der Waals surface area contributed by atoms with Crippen LogP contribution in [0, 0.1) is 6.92 Å². The molecule has 1 aromatic heterocycles. The maximum atomic E-state index is 9.54. The Morgan fingerprint density at radius 2 is 2.22 bits per heavy atom. The van der Waals surface area contributed by atoms with Crippen molar-refractivity contribution in [3.05, 3.63) is 35.5 Å². The fraction of sp³-hybridized carbons (Fsp3) is 0.385. The van der Waals surface area contributed by atoms with Crippen molar-refractivity contribution in [2.75, 3.05) is 0 Å². The summed E-state index contributed by atoms with van der Waals surface area (Å²) in [6, 6.07) is 5.14. The van der Waals surface area contributed by atoms with Gasteiger partial charge in [-0.2, -0.15) is 4.98 Å². The lowest BCUT2D eigenvalue weighted by Crippen LogP contribution is -1.97. The van der Waals surface area contributed by atoms with Gasteiger partial charge in [-0.3, -0.25) is 0 Å². The summed E-state index contributed by atoms with van der Waals surface area (Å²) in [6.07, 6.45) is 1.78. The predicted molar refractivity (Wildman–Crippen MR) is 65.5 cm³/mol. The summed E-state index contributed by atoms with van der Waals surface area (Å²) in [7, 11) is 0. The molecule has 5 heteroatoms. The Balaban J connectivity index is 2.00. The number of benzene rings is 1. The number of nitrogens with zero attached hydrogens (tertiary/aromatic N) is 2. The Morgan fingerprint density at radius 3 is 3.00 bits per heavy atom. The van der Waals surface area contributed by atoms with Gasteiger partial charge in [-0.1, -0.05) is 18.1 Å². The monoisotopic (exact) mass is 248 g/mol. The third kappa shape index (κ3) is 2.80. The van der Waals surface area contributed by atoms with Crippen molar-refractivity contribution in [1.82, 2.24) is 10.1 Å². The molecule has 0 saturated heterocycles. The standard InChI is InChI=1S/C13H16N2O3/c1-3-5-12-14-13(18-15-12)8-17-11-7-4-6-10(16)9(11)2/h4,6-7,16H,3,5,8H2,1-2H3. The van der Waals surface area contributed by atoms with E-state index < -0.39 is 0 Å². The molecule has 0 atom stereocenters. The van der Waals surface area contributed by atoms with E-state index in [4.69, 9.17) is 9.26 Å². The van der Waals surface area contributed by atoms with E-state index >= 15 is 0 Å². The number of aryl methyl sites for hydroxylation is 1. The van der Waals surface area contributed by atoms with Gasteiger partial charge in [-0.25, -0.2) is 0 Å². The zero-order valence-electron chi connectivity index (χ0n) is 10.5. The average molecular weight is 248 g/mol. The van der Waals surface area contributed by atoms with Crippen molar-refractivity contribution >= 4 is 0 Å². The average Bonchev–Trinajstić information content (AvgIpc) is 2.79. The van der Waals surface area contributed by atoms with Crippen LogP contribution in [0.25, 0.3) is 0 Å². The van der Waals surface area contributed by atoms with E-state index in [0.29, 0.717) is 23.0 Å². The molecule has 5 nitrogen and oxygen atoms in total. The van der Waals surface area contributed by atoms with Crippen LogP contribution in [0.1, 0.15) is 30.6 Å². The molecule has 0 amide bonds. The van der Waals surface area contributed by atoms with E-state index in [1.54, 1.807) is 25.1 Å². The predicted octanol–water partition coefficient (Wildman–Crippen LogP) is 2.62. The molecule has 0 aliphatic rings. The molecule has 2 rings (SSSR count). The molecular weight excluding hydrogens is 232 g/mol. The lowest BCUT2D eigenvalue weighted by atomic mass is 10.2. The molecule has 18 heavy (non-hydrogen) atoms. The first-order valence-corrected chi connectivity index (χ1v) is 5.93. The highest BCUT2D eigenvalue weighted by atomic mass is 16.5. The lowest BCUT2D eigenvalue weighted by molar-refractivity contribution is 0.240. The maximum absolute atomic E-state index is 9.54. The minimum atomic E-state index is 0.209. The Hall–Kier alpha value is -2.04. The first kappa shape index (κ1) is 12.4. The summed E-state index contributed by atoms with van der Waals surface area (Å²) in [4.78, 5) is 4.20. The summed E-state index contributed by atoms with van der Waals surface area (Å²) >= 11 is 0. The lowest BCUT2D eigenvalue weighted by Gasteiger charge is -2.07. The molecule has 0 aliphatic heterocycles. The zero-order chi connectivity index (χ0) is 13.0. The molecule has 0 radical (unpaired) electrons. The second-order valence-electron chi connectivity index (χ2n) is 4.04. The number of rotatable bonds is 5. The van der Waals surface area contributed by atoms with Crippen LogP contribution in [0.2, 0.25) is 0 Å². The van der Waals surface area contributed by atoms with E-state index in [0.717, 1.165) is 12.8 Å². The second-order valence-corrected chi connectivity index (χ2v) is 4.04. The topological polar surface area (TPSA) is 68.4 Å². The van der Waals surface area contributed by atoms with Crippen LogP contribution in [0.15, 0.2) is 22.7 Å². The zero-order valence-corrected chi connectivity index (χ0v) is 10.5. The maximum Gasteiger partial charge on any atom is 0.264 e. The SMILES string of the molecule is CCCc1noc(COc2cccc(O)c2C)n1. The number of aromatic nitrogens is 2. The van der Waals surface area contributed by atoms with E-state index in [1.165, 1.54) is 0 Å². The van der Waals surface area contributed by atoms with Crippen LogP contribution < -0.4 is 4.74 Å². The molecule has 1 heterocycles. The second kappa shape index (κ2) is 5.53. The minimum Gasteiger partial charge on any atom is -0.508 e. The fourth-order valence-electron chi connectivity index (χ4n) is 1.57. The fourth-order valence-corrected chi connectivity index (χ4v) is 1.57. The van der Waals surface area contributed by atoms with Gasteiger partial charge >= 0.3 is 0 Å². The van der Waals surface area contributed by atoms with Gasteiger partial charge < -0.3 is 14.4 Å². The van der Waals surface area contributed by atoms with E-state index in [-0.39, 0.29) is 12.4 Å². The molecular formula is C13H16N2O3. The molecule has 1 aromatic carbocycles.